The van der Waals surface area contributed by atoms with Crippen LogP contribution < -0.4 is 0 Å². The van der Waals surface area contributed by atoms with Crippen LogP contribution in [0.25, 0.3) is 0 Å². The van der Waals surface area contributed by atoms with Crippen molar-refractivity contribution in [2.45, 2.75) is 0 Å². The Morgan fingerprint density at radius 1 is 1.75 bits per heavy atom. The Bertz CT molecular complexity index is 8.00. The van der Waals surface area contributed by atoms with E-state index in [1.54, 1.807) is 0 Å². The molecule has 0 aromatic rings. The van der Waals surface area contributed by atoms with Crippen molar-refractivity contribution in [2.75, 3.05) is 0 Å². The summed E-state index contributed by atoms with van der Waals surface area (Å²) in [6.07, 6.45) is 0. The molecule has 0 N–H and O–H groups in total. The van der Waals surface area contributed by atoms with Crippen molar-refractivity contribution < 1.29 is 3.98 Å². The maximum Gasteiger partial charge on any atom is 0.174 e. The summed E-state index contributed by atoms with van der Waals surface area (Å²) in [6.45, 7) is 0. The molecule has 0 bridgehead atoms. The SMILES string of the molecule is [CaH2].[SiH3]OCl. The Balaban J connectivity index is 0. The second-order valence-corrected chi connectivity index (χ2v) is 1.39. The second-order valence-electron chi connectivity index (χ2n) is 0.154. The number of hydrogen-bond donors (Lipinski definition) is 0. The Hall–Kier alpha value is 1.73. The molecule has 4 heteroatoms. The molecular weight excluding hydrogens is 120 g/mol. The standard InChI is InChI=1S/Ca.ClH3OSi.2H/c;1-2-3;;/h;3H3;;. The van der Waals surface area contributed by atoms with E-state index in [1.807, 2.05) is 0 Å². The van der Waals surface area contributed by atoms with E-state index in [-0.39, 0.29) is 37.7 Å². The molecule has 0 radical (unpaired) electrons. The fraction of sp³-hybridized carbons (Fsp3) is 0. The van der Waals surface area contributed by atoms with Gasteiger partial charge in [-0.2, -0.15) is 0 Å². The van der Waals surface area contributed by atoms with Crippen LogP contribution in [0, 0.1) is 0 Å². The molecule has 0 heterocycles. The topological polar surface area (TPSA) is 9.23 Å². The first-order valence-corrected chi connectivity index (χ1v) is 1.69. The maximum atomic E-state index is 4.56. The van der Waals surface area contributed by atoms with Gasteiger partial charge in [0.15, 0.2) is 10.5 Å². The first-order valence-electron chi connectivity index (χ1n) is 0.563. The molecule has 1 nitrogen and oxygen atoms in total. The maximum absolute atomic E-state index is 4.56. The minimum Gasteiger partial charge on any atom is -0.337 e. The smallest absolute Gasteiger partial charge is 0.174 e. The zero-order valence-corrected chi connectivity index (χ0v) is 4.54. The Morgan fingerprint density at radius 2 is 1.75 bits per heavy atom. The molecule has 0 aromatic carbocycles. The van der Waals surface area contributed by atoms with Crippen LogP contribution in [0.4, 0.5) is 0 Å². The van der Waals surface area contributed by atoms with Gasteiger partial charge in [0.1, 0.15) is 0 Å². The minimum atomic E-state index is 0. The van der Waals surface area contributed by atoms with E-state index in [1.165, 1.54) is 0 Å². The van der Waals surface area contributed by atoms with Gasteiger partial charge in [0.05, 0.1) is 0 Å². The zero-order chi connectivity index (χ0) is 2.71. The van der Waals surface area contributed by atoms with Crippen molar-refractivity contribution in [1.82, 2.24) is 0 Å². The van der Waals surface area contributed by atoms with Gasteiger partial charge in [-0.15, -0.1) is 0 Å². The largest absolute Gasteiger partial charge is 0.337 e. The molecule has 0 amide bonds. The molecule has 0 aliphatic heterocycles. The first kappa shape index (κ1) is 9.21. The molecule has 0 aliphatic carbocycles. The molecule has 0 spiro atoms. The predicted molar refractivity (Wildman–Crippen MR) is 25.4 cm³/mol. The average molecular weight is 125 g/mol. The monoisotopic (exact) mass is 124 g/mol. The van der Waals surface area contributed by atoms with Crippen molar-refractivity contribution in [3.05, 3.63) is 0 Å². The van der Waals surface area contributed by atoms with Crippen LogP contribution in [-0.2, 0) is 3.98 Å². The van der Waals surface area contributed by atoms with Crippen LogP contribution in [-0.4, -0.2) is 48.2 Å². The Morgan fingerprint density at radius 3 is 1.75 bits per heavy atom. The summed E-state index contributed by atoms with van der Waals surface area (Å²) >= 11 is 4.56. The summed E-state index contributed by atoms with van der Waals surface area (Å²) in [5, 5.41) is 0. The zero-order valence-electron chi connectivity index (χ0n) is 1.79. The van der Waals surface area contributed by atoms with E-state index >= 15 is 0 Å². The van der Waals surface area contributed by atoms with E-state index in [0.29, 0.717) is 10.5 Å². The molecule has 24 valence electrons. The molecule has 0 unspecified atom stereocenters. The third kappa shape index (κ3) is 9.29. The molecule has 0 rings (SSSR count). The van der Waals surface area contributed by atoms with Crippen LogP contribution >= 0.6 is 11.9 Å². The third-order valence-electron chi connectivity index (χ3n) is 0. The molecule has 0 aromatic heterocycles. The molecule has 0 fully saturated rings. The molecule has 0 saturated heterocycles. The summed E-state index contributed by atoms with van der Waals surface area (Å²) < 4.78 is 3.86. The number of halogens is 1. The van der Waals surface area contributed by atoms with Crippen LogP contribution in [0.1, 0.15) is 0 Å². The first-order chi connectivity index (χ1) is 1.41. The van der Waals surface area contributed by atoms with E-state index in [0.717, 1.165) is 0 Å². The van der Waals surface area contributed by atoms with Gasteiger partial charge in [-0.25, -0.2) is 0 Å². The van der Waals surface area contributed by atoms with Gasteiger partial charge in [0.25, 0.3) is 0 Å². The molecule has 4 heavy (non-hydrogen) atoms. The van der Waals surface area contributed by atoms with Crippen LogP contribution in [0.15, 0.2) is 0 Å². The van der Waals surface area contributed by atoms with Crippen molar-refractivity contribution in [3.8, 4) is 0 Å². The van der Waals surface area contributed by atoms with Crippen molar-refractivity contribution in [2.24, 2.45) is 0 Å². The Labute approximate surface area is 63.4 Å². The van der Waals surface area contributed by atoms with Crippen molar-refractivity contribution >= 4 is 60.1 Å². The summed E-state index contributed by atoms with van der Waals surface area (Å²) in [6, 6.07) is 0. The third-order valence-corrected chi connectivity index (χ3v) is 0. The van der Waals surface area contributed by atoms with Crippen LogP contribution in [0.3, 0.4) is 0 Å². The van der Waals surface area contributed by atoms with Crippen molar-refractivity contribution in [1.29, 1.82) is 0 Å². The van der Waals surface area contributed by atoms with E-state index in [4.69, 9.17) is 0 Å². The predicted octanol–water partition coefficient (Wildman–Crippen LogP) is -1.48. The molecular formula is H5CaClOSi. The van der Waals surface area contributed by atoms with Gasteiger partial charge in [-0.3, -0.25) is 0 Å². The van der Waals surface area contributed by atoms with E-state index < -0.39 is 0 Å². The van der Waals surface area contributed by atoms with Gasteiger partial charge in [0, 0.05) is 11.9 Å². The fourth-order valence-corrected chi connectivity index (χ4v) is 0. The Kier molecular flexibility index (Phi) is 20.3. The summed E-state index contributed by atoms with van der Waals surface area (Å²) in [5.74, 6) is 0. The molecule has 0 saturated carbocycles. The van der Waals surface area contributed by atoms with Gasteiger partial charge in [-0.1, -0.05) is 0 Å². The van der Waals surface area contributed by atoms with Crippen molar-refractivity contribution in [3.63, 3.8) is 0 Å². The number of hydrogen-bond acceptors (Lipinski definition) is 1. The summed E-state index contributed by atoms with van der Waals surface area (Å²) in [7, 11) is 0.634. The second kappa shape index (κ2) is 8.83. The fourth-order valence-electron chi connectivity index (χ4n) is 0. The van der Waals surface area contributed by atoms with Gasteiger partial charge in [0.2, 0.25) is 0 Å². The average Bonchev–Trinajstić information content (AvgIpc) is 0.918. The normalized spacial score (nSPS) is 5.25. The van der Waals surface area contributed by atoms with E-state index in [9.17, 15) is 0 Å². The van der Waals surface area contributed by atoms with E-state index in [2.05, 4.69) is 15.8 Å². The van der Waals surface area contributed by atoms with Gasteiger partial charge < -0.3 is 3.98 Å². The van der Waals surface area contributed by atoms with Gasteiger partial charge >= 0.3 is 37.7 Å². The summed E-state index contributed by atoms with van der Waals surface area (Å²) in [5.41, 5.74) is 0. The quantitative estimate of drug-likeness (QED) is 0.358. The minimum absolute atomic E-state index is 0. The summed E-state index contributed by atoms with van der Waals surface area (Å²) in [4.78, 5) is 0. The molecule has 0 aliphatic rings. The van der Waals surface area contributed by atoms with Crippen LogP contribution in [0.5, 0.6) is 0 Å². The van der Waals surface area contributed by atoms with Crippen LogP contribution in [0.2, 0.25) is 0 Å². The molecule has 0 atom stereocenters. The van der Waals surface area contributed by atoms with Gasteiger partial charge in [-0.05, 0) is 0 Å². The number of rotatable bonds is 0.